The van der Waals surface area contributed by atoms with Crippen molar-refractivity contribution in [1.82, 2.24) is 0 Å². The highest BCUT2D eigenvalue weighted by atomic mass is 16.6. The first-order valence-electron chi connectivity index (χ1n) is 9.08. The van der Waals surface area contributed by atoms with Crippen molar-refractivity contribution in [2.24, 2.45) is 0 Å². The van der Waals surface area contributed by atoms with Crippen LogP contribution in [0.2, 0.25) is 0 Å². The third-order valence-corrected chi connectivity index (χ3v) is 5.05. The molecule has 0 amide bonds. The molecular formula is C22H28O4. The van der Waals surface area contributed by atoms with Crippen molar-refractivity contribution in [3.05, 3.63) is 48.0 Å². The largest absolute Gasteiger partial charge is 0.496 e. The Morgan fingerprint density at radius 1 is 0.885 bits per heavy atom. The van der Waals surface area contributed by atoms with Crippen LogP contribution in [0.15, 0.2) is 42.5 Å². The molecule has 0 spiro atoms. The van der Waals surface area contributed by atoms with E-state index in [1.165, 1.54) is 0 Å². The van der Waals surface area contributed by atoms with Crippen molar-refractivity contribution in [3.63, 3.8) is 0 Å². The smallest absolute Gasteiger partial charge is 0.338 e. The molecular weight excluding hydrogens is 328 g/mol. The van der Waals surface area contributed by atoms with Crippen molar-refractivity contribution < 1.29 is 19.0 Å². The second-order valence-electron chi connectivity index (χ2n) is 6.25. The van der Waals surface area contributed by atoms with Crippen molar-refractivity contribution in [2.75, 3.05) is 14.2 Å². The molecule has 4 heteroatoms. The summed E-state index contributed by atoms with van der Waals surface area (Å²) in [6.45, 7) is 6.12. The standard InChI is InChI=1S/C22H28O4/c1-6-22(7-2,8-3)26-21(23)17-14-18(24-4)20(19(15-17)25-5)16-12-10-9-11-13-16/h9-15H,6-8H2,1-5H3. The third-order valence-electron chi connectivity index (χ3n) is 5.05. The monoisotopic (exact) mass is 356 g/mol. The fourth-order valence-electron chi connectivity index (χ4n) is 3.14. The van der Waals surface area contributed by atoms with E-state index in [2.05, 4.69) is 0 Å². The summed E-state index contributed by atoms with van der Waals surface area (Å²) in [6.07, 6.45) is 2.34. The lowest BCUT2D eigenvalue weighted by molar-refractivity contribution is -0.0249. The fraction of sp³-hybridized carbons (Fsp3) is 0.409. The highest BCUT2D eigenvalue weighted by Crippen LogP contribution is 2.40. The quantitative estimate of drug-likeness (QED) is 0.586. The van der Waals surface area contributed by atoms with Crippen LogP contribution in [0.1, 0.15) is 50.4 Å². The lowest BCUT2D eigenvalue weighted by Gasteiger charge is -2.30. The van der Waals surface area contributed by atoms with Crippen LogP contribution in [0.5, 0.6) is 11.5 Å². The first-order chi connectivity index (χ1) is 12.5. The Labute approximate surface area is 156 Å². The minimum Gasteiger partial charge on any atom is -0.496 e. The molecule has 0 radical (unpaired) electrons. The number of carbonyl (C=O) groups is 1. The maximum absolute atomic E-state index is 12.8. The Balaban J connectivity index is 2.47. The topological polar surface area (TPSA) is 44.8 Å². The maximum atomic E-state index is 12.8. The van der Waals surface area contributed by atoms with Crippen LogP contribution in [-0.4, -0.2) is 25.8 Å². The van der Waals surface area contributed by atoms with Crippen LogP contribution in [0.25, 0.3) is 11.1 Å². The minimum absolute atomic E-state index is 0.355. The minimum atomic E-state index is -0.435. The predicted octanol–water partition coefficient (Wildman–Crippen LogP) is 5.50. The molecule has 0 heterocycles. The van der Waals surface area contributed by atoms with E-state index in [4.69, 9.17) is 14.2 Å². The van der Waals surface area contributed by atoms with E-state index in [9.17, 15) is 4.79 Å². The van der Waals surface area contributed by atoms with E-state index in [-0.39, 0.29) is 5.97 Å². The van der Waals surface area contributed by atoms with Crippen molar-refractivity contribution >= 4 is 5.97 Å². The molecule has 0 aromatic heterocycles. The van der Waals surface area contributed by atoms with Crippen LogP contribution in [0.4, 0.5) is 0 Å². The Kier molecular flexibility index (Phi) is 6.67. The number of benzene rings is 2. The number of rotatable bonds is 8. The van der Waals surface area contributed by atoms with Gasteiger partial charge in [-0.15, -0.1) is 0 Å². The van der Waals surface area contributed by atoms with Gasteiger partial charge in [0.2, 0.25) is 0 Å². The van der Waals surface area contributed by atoms with Gasteiger partial charge in [0.15, 0.2) is 0 Å². The average Bonchev–Trinajstić information content (AvgIpc) is 2.71. The highest BCUT2D eigenvalue weighted by molar-refractivity contribution is 5.93. The van der Waals surface area contributed by atoms with Crippen LogP contribution in [-0.2, 0) is 4.74 Å². The van der Waals surface area contributed by atoms with Crippen LogP contribution < -0.4 is 9.47 Å². The second-order valence-corrected chi connectivity index (χ2v) is 6.25. The van der Waals surface area contributed by atoms with Crippen molar-refractivity contribution in [3.8, 4) is 22.6 Å². The highest BCUT2D eigenvalue weighted by Gasteiger charge is 2.30. The molecule has 0 unspecified atom stereocenters. The summed E-state index contributed by atoms with van der Waals surface area (Å²) in [5, 5.41) is 0. The lowest BCUT2D eigenvalue weighted by Crippen LogP contribution is -2.33. The van der Waals surface area contributed by atoms with Crippen LogP contribution in [0.3, 0.4) is 0 Å². The molecule has 0 aliphatic carbocycles. The van der Waals surface area contributed by atoms with Gasteiger partial charge in [0.25, 0.3) is 0 Å². The van der Waals surface area contributed by atoms with E-state index < -0.39 is 5.60 Å². The van der Waals surface area contributed by atoms with Gasteiger partial charge in [0, 0.05) is 0 Å². The second kappa shape index (κ2) is 8.75. The molecule has 0 saturated heterocycles. The van der Waals surface area contributed by atoms with Gasteiger partial charge in [-0.1, -0.05) is 51.1 Å². The summed E-state index contributed by atoms with van der Waals surface area (Å²) in [7, 11) is 3.18. The SMILES string of the molecule is CCC(CC)(CC)OC(=O)c1cc(OC)c(-c2ccccc2)c(OC)c1. The Morgan fingerprint density at radius 3 is 1.81 bits per heavy atom. The normalized spacial score (nSPS) is 11.1. The zero-order valence-electron chi connectivity index (χ0n) is 16.3. The molecule has 0 aliphatic heterocycles. The van der Waals surface area contributed by atoms with E-state index in [1.54, 1.807) is 26.4 Å². The number of carbonyl (C=O) groups excluding carboxylic acids is 1. The van der Waals surface area contributed by atoms with Crippen LogP contribution in [0, 0.1) is 0 Å². The molecule has 26 heavy (non-hydrogen) atoms. The summed E-state index contributed by atoms with van der Waals surface area (Å²) in [6, 6.07) is 13.3. The number of hydrogen-bond acceptors (Lipinski definition) is 4. The van der Waals surface area contributed by atoms with Gasteiger partial charge >= 0.3 is 5.97 Å². The lowest BCUT2D eigenvalue weighted by atomic mass is 9.94. The molecule has 0 atom stereocenters. The molecule has 0 bridgehead atoms. The summed E-state index contributed by atoms with van der Waals surface area (Å²) < 4.78 is 17.0. The van der Waals surface area contributed by atoms with Gasteiger partial charge in [0.05, 0.1) is 25.3 Å². The zero-order valence-corrected chi connectivity index (χ0v) is 16.3. The predicted molar refractivity (Wildman–Crippen MR) is 104 cm³/mol. The van der Waals surface area contributed by atoms with Crippen LogP contribution >= 0.6 is 0 Å². The van der Waals surface area contributed by atoms with E-state index in [1.807, 2.05) is 51.1 Å². The van der Waals surface area contributed by atoms with Gasteiger partial charge in [-0.3, -0.25) is 0 Å². The van der Waals surface area contributed by atoms with Gasteiger partial charge in [-0.25, -0.2) is 4.79 Å². The van der Waals surface area contributed by atoms with Crippen molar-refractivity contribution in [2.45, 2.75) is 45.6 Å². The molecule has 2 aromatic rings. The average molecular weight is 356 g/mol. The summed E-state index contributed by atoms with van der Waals surface area (Å²) in [5.41, 5.74) is 1.78. The Bertz CT molecular complexity index is 700. The zero-order chi connectivity index (χ0) is 19.2. The van der Waals surface area contributed by atoms with E-state index in [0.29, 0.717) is 17.1 Å². The number of methoxy groups -OCH3 is 2. The van der Waals surface area contributed by atoms with Gasteiger partial charge in [0.1, 0.15) is 17.1 Å². The first-order valence-corrected chi connectivity index (χ1v) is 9.08. The van der Waals surface area contributed by atoms with E-state index in [0.717, 1.165) is 30.4 Å². The fourth-order valence-corrected chi connectivity index (χ4v) is 3.14. The molecule has 0 aliphatic rings. The summed E-state index contributed by atoms with van der Waals surface area (Å²) in [5.74, 6) is 0.807. The number of ether oxygens (including phenoxy) is 3. The molecule has 2 rings (SSSR count). The summed E-state index contributed by atoms with van der Waals surface area (Å²) in [4.78, 5) is 12.8. The van der Waals surface area contributed by atoms with Gasteiger partial charge in [-0.05, 0) is 37.0 Å². The molecule has 0 saturated carbocycles. The molecule has 0 fully saturated rings. The molecule has 4 nitrogen and oxygen atoms in total. The molecule has 0 N–H and O–H groups in total. The molecule has 2 aromatic carbocycles. The van der Waals surface area contributed by atoms with Gasteiger partial charge < -0.3 is 14.2 Å². The molecule has 140 valence electrons. The Morgan fingerprint density at radius 2 is 1.38 bits per heavy atom. The van der Waals surface area contributed by atoms with E-state index >= 15 is 0 Å². The number of hydrogen-bond donors (Lipinski definition) is 0. The summed E-state index contributed by atoms with van der Waals surface area (Å²) >= 11 is 0. The third kappa shape index (κ3) is 4.01. The Hall–Kier alpha value is -2.49. The van der Waals surface area contributed by atoms with Crippen molar-refractivity contribution in [1.29, 1.82) is 0 Å². The number of esters is 1. The van der Waals surface area contributed by atoms with Gasteiger partial charge in [-0.2, -0.15) is 0 Å². The maximum Gasteiger partial charge on any atom is 0.338 e. The first kappa shape index (κ1) is 19.8.